The van der Waals surface area contributed by atoms with Gasteiger partial charge in [-0.25, -0.2) is 4.79 Å². The number of urea groups is 1. The maximum Gasteiger partial charge on any atom is 0.321 e. The molecule has 2 heterocycles. The largest absolute Gasteiger partial charge is 0.481 e. The molecule has 1 aromatic heterocycles. The summed E-state index contributed by atoms with van der Waals surface area (Å²) in [6.45, 7) is 0.951. The lowest BCUT2D eigenvalue weighted by atomic mass is 9.97. The number of hydrogen-bond acceptors (Lipinski definition) is 3. The Bertz CT molecular complexity index is 449. The fraction of sp³-hybridized carbons (Fsp3) is 0.545. The molecule has 0 spiro atoms. The fourth-order valence-electron chi connectivity index (χ4n) is 2.02. The van der Waals surface area contributed by atoms with Crippen molar-refractivity contribution in [1.29, 1.82) is 0 Å². The van der Waals surface area contributed by atoms with Gasteiger partial charge in [0, 0.05) is 26.3 Å². The molecular formula is C11H16N4O3. The average molecular weight is 252 g/mol. The summed E-state index contributed by atoms with van der Waals surface area (Å²) in [5.74, 6) is -1.10. The molecular weight excluding hydrogens is 236 g/mol. The van der Waals surface area contributed by atoms with Gasteiger partial charge in [0.1, 0.15) is 0 Å². The van der Waals surface area contributed by atoms with Crippen molar-refractivity contribution < 1.29 is 14.7 Å². The third-order valence-electron chi connectivity index (χ3n) is 3.09. The molecule has 7 heteroatoms. The smallest absolute Gasteiger partial charge is 0.321 e. The van der Waals surface area contributed by atoms with E-state index in [1.807, 2.05) is 0 Å². The number of carbonyl (C=O) groups excluding carboxylic acids is 1. The van der Waals surface area contributed by atoms with E-state index in [0.717, 1.165) is 0 Å². The van der Waals surface area contributed by atoms with Gasteiger partial charge in [-0.1, -0.05) is 0 Å². The SMILES string of the molecule is Cn1cc(NC(=O)N2CCC(C(=O)O)CC2)cn1. The van der Waals surface area contributed by atoms with Gasteiger partial charge in [0.25, 0.3) is 0 Å². The number of piperidine rings is 1. The van der Waals surface area contributed by atoms with Crippen LogP contribution >= 0.6 is 0 Å². The van der Waals surface area contributed by atoms with E-state index in [1.54, 1.807) is 29.0 Å². The minimum Gasteiger partial charge on any atom is -0.481 e. The van der Waals surface area contributed by atoms with Gasteiger partial charge in [-0.15, -0.1) is 0 Å². The van der Waals surface area contributed by atoms with Crippen molar-refractivity contribution in [3.05, 3.63) is 12.4 Å². The lowest BCUT2D eigenvalue weighted by molar-refractivity contribution is -0.143. The maximum absolute atomic E-state index is 11.9. The normalized spacial score (nSPS) is 16.6. The van der Waals surface area contributed by atoms with Crippen LogP contribution in [0.3, 0.4) is 0 Å². The standard InChI is InChI=1S/C11H16N4O3/c1-14-7-9(6-12-14)13-11(18)15-4-2-8(3-5-15)10(16)17/h6-8H,2-5H2,1H3,(H,13,18)(H,16,17). The lowest BCUT2D eigenvalue weighted by Gasteiger charge is -2.29. The molecule has 0 atom stereocenters. The lowest BCUT2D eigenvalue weighted by Crippen LogP contribution is -2.42. The molecule has 1 saturated heterocycles. The number of aryl methyl sites for hydroxylation is 1. The maximum atomic E-state index is 11.9. The van der Waals surface area contributed by atoms with Gasteiger partial charge in [0.05, 0.1) is 17.8 Å². The van der Waals surface area contributed by atoms with Crippen LogP contribution < -0.4 is 5.32 Å². The minimum absolute atomic E-state index is 0.202. The minimum atomic E-state index is -0.776. The Labute approximate surface area is 104 Å². The second kappa shape index (κ2) is 5.07. The number of carboxylic acid groups (broad SMARTS) is 1. The topological polar surface area (TPSA) is 87.5 Å². The van der Waals surface area contributed by atoms with Gasteiger partial charge in [-0.3, -0.25) is 9.48 Å². The molecule has 18 heavy (non-hydrogen) atoms. The number of hydrogen-bond donors (Lipinski definition) is 2. The molecule has 2 rings (SSSR count). The van der Waals surface area contributed by atoms with Gasteiger partial charge in [-0.2, -0.15) is 5.10 Å². The number of nitrogens with one attached hydrogen (secondary N) is 1. The number of aromatic nitrogens is 2. The highest BCUT2D eigenvalue weighted by Crippen LogP contribution is 2.18. The molecule has 0 aromatic carbocycles. The quantitative estimate of drug-likeness (QED) is 0.813. The van der Waals surface area contributed by atoms with Crippen molar-refractivity contribution in [3.8, 4) is 0 Å². The zero-order valence-electron chi connectivity index (χ0n) is 10.2. The summed E-state index contributed by atoms with van der Waals surface area (Å²) in [4.78, 5) is 24.3. The third-order valence-corrected chi connectivity index (χ3v) is 3.09. The van der Waals surface area contributed by atoms with Crippen LogP contribution in [0.5, 0.6) is 0 Å². The summed E-state index contributed by atoms with van der Waals surface area (Å²) in [5, 5.41) is 15.6. The predicted octanol–water partition coefficient (Wildman–Crippen LogP) is 0.749. The van der Waals surface area contributed by atoms with E-state index in [2.05, 4.69) is 10.4 Å². The average Bonchev–Trinajstić information content (AvgIpc) is 2.75. The van der Waals surface area contributed by atoms with Crippen LogP contribution in [0.2, 0.25) is 0 Å². The molecule has 2 amide bonds. The van der Waals surface area contributed by atoms with E-state index in [9.17, 15) is 9.59 Å². The second-order valence-corrected chi connectivity index (χ2v) is 4.43. The van der Waals surface area contributed by atoms with E-state index in [1.165, 1.54) is 0 Å². The third kappa shape index (κ3) is 2.79. The molecule has 0 saturated carbocycles. The molecule has 0 radical (unpaired) electrons. The number of carbonyl (C=O) groups is 2. The van der Waals surface area contributed by atoms with Crippen molar-refractivity contribution >= 4 is 17.7 Å². The highest BCUT2D eigenvalue weighted by atomic mass is 16.4. The van der Waals surface area contributed by atoms with Crippen LogP contribution in [-0.2, 0) is 11.8 Å². The Morgan fingerprint density at radius 3 is 2.61 bits per heavy atom. The van der Waals surface area contributed by atoms with Gasteiger partial charge in [0.2, 0.25) is 0 Å². The number of likely N-dealkylation sites (tertiary alicyclic amines) is 1. The fourth-order valence-corrected chi connectivity index (χ4v) is 2.02. The summed E-state index contributed by atoms with van der Waals surface area (Å²) in [7, 11) is 1.77. The summed E-state index contributed by atoms with van der Waals surface area (Å²) in [6, 6.07) is -0.202. The predicted molar refractivity (Wildman–Crippen MR) is 64.2 cm³/mol. The van der Waals surface area contributed by atoms with Crippen molar-refractivity contribution in [2.75, 3.05) is 18.4 Å². The Balaban J connectivity index is 1.86. The van der Waals surface area contributed by atoms with Crippen molar-refractivity contribution in [2.45, 2.75) is 12.8 Å². The molecule has 1 fully saturated rings. The highest BCUT2D eigenvalue weighted by Gasteiger charge is 2.26. The number of amides is 2. The Kier molecular flexibility index (Phi) is 3.50. The zero-order chi connectivity index (χ0) is 13.1. The molecule has 0 bridgehead atoms. The van der Waals surface area contributed by atoms with Gasteiger partial charge >= 0.3 is 12.0 Å². The monoisotopic (exact) mass is 252 g/mol. The molecule has 1 aromatic rings. The van der Waals surface area contributed by atoms with E-state index < -0.39 is 5.97 Å². The number of nitrogens with zero attached hydrogens (tertiary/aromatic N) is 3. The van der Waals surface area contributed by atoms with Crippen LogP contribution in [0.4, 0.5) is 10.5 Å². The zero-order valence-corrected chi connectivity index (χ0v) is 10.2. The van der Waals surface area contributed by atoms with E-state index >= 15 is 0 Å². The molecule has 0 unspecified atom stereocenters. The van der Waals surface area contributed by atoms with Gasteiger partial charge < -0.3 is 15.3 Å². The summed E-state index contributed by atoms with van der Waals surface area (Å²) >= 11 is 0. The molecule has 0 aliphatic carbocycles. The van der Waals surface area contributed by atoms with Crippen molar-refractivity contribution in [1.82, 2.24) is 14.7 Å². The molecule has 2 N–H and O–H groups in total. The number of aliphatic carboxylic acids is 1. The van der Waals surface area contributed by atoms with Gasteiger partial charge in [0.15, 0.2) is 0 Å². The molecule has 1 aliphatic rings. The van der Waals surface area contributed by atoms with Crippen molar-refractivity contribution in [3.63, 3.8) is 0 Å². The molecule has 1 aliphatic heterocycles. The number of rotatable bonds is 2. The summed E-state index contributed by atoms with van der Waals surface area (Å²) < 4.78 is 1.60. The number of carboxylic acids is 1. The first-order valence-corrected chi connectivity index (χ1v) is 5.83. The van der Waals surface area contributed by atoms with Crippen LogP contribution in [0.15, 0.2) is 12.4 Å². The number of anilines is 1. The first-order chi connectivity index (χ1) is 8.56. The molecule has 98 valence electrons. The second-order valence-electron chi connectivity index (χ2n) is 4.43. The van der Waals surface area contributed by atoms with Crippen molar-refractivity contribution in [2.24, 2.45) is 13.0 Å². The van der Waals surface area contributed by atoms with Crippen LogP contribution in [-0.4, -0.2) is 44.9 Å². The summed E-state index contributed by atoms with van der Waals surface area (Å²) in [6.07, 6.45) is 4.30. The van der Waals surface area contributed by atoms with Crippen LogP contribution in [0, 0.1) is 5.92 Å². The summed E-state index contributed by atoms with van der Waals surface area (Å²) in [5.41, 5.74) is 0.642. The van der Waals surface area contributed by atoms with E-state index in [-0.39, 0.29) is 11.9 Å². The first-order valence-electron chi connectivity index (χ1n) is 5.83. The Hall–Kier alpha value is -2.05. The first kappa shape index (κ1) is 12.4. The highest BCUT2D eigenvalue weighted by molar-refractivity contribution is 5.89. The Morgan fingerprint density at radius 1 is 1.44 bits per heavy atom. The Morgan fingerprint density at radius 2 is 2.11 bits per heavy atom. The van der Waals surface area contributed by atoms with Gasteiger partial charge in [-0.05, 0) is 12.8 Å². The van der Waals surface area contributed by atoms with Crippen LogP contribution in [0.1, 0.15) is 12.8 Å². The van der Waals surface area contributed by atoms with Crippen LogP contribution in [0.25, 0.3) is 0 Å². The van der Waals surface area contributed by atoms with E-state index in [4.69, 9.17) is 5.11 Å². The van der Waals surface area contributed by atoms with E-state index in [0.29, 0.717) is 31.6 Å². The molecule has 7 nitrogen and oxygen atoms in total.